The molecule has 0 nitrogen and oxygen atoms in total. The second-order valence-electron chi connectivity index (χ2n) is 9.12. The first-order valence-electron chi connectivity index (χ1n) is 11.2. The molecule has 0 unspecified atom stereocenters. The van der Waals surface area contributed by atoms with Crippen LogP contribution in [0.3, 0.4) is 0 Å². The number of rotatable bonds is 7. The van der Waals surface area contributed by atoms with Crippen LogP contribution in [0.4, 0.5) is 13.2 Å². The molecule has 1 aromatic rings. The van der Waals surface area contributed by atoms with Crippen molar-refractivity contribution in [1.82, 2.24) is 0 Å². The second-order valence-corrected chi connectivity index (χ2v) is 9.12. The van der Waals surface area contributed by atoms with E-state index in [1.54, 1.807) is 0 Å². The molecule has 0 N–H and O–H groups in total. The maximum atomic E-state index is 13.5. The lowest BCUT2D eigenvalue weighted by atomic mass is 9.75. The van der Waals surface area contributed by atoms with Crippen molar-refractivity contribution in [3.63, 3.8) is 0 Å². The highest BCUT2D eigenvalue weighted by molar-refractivity contribution is 5.23. The lowest BCUT2D eigenvalue weighted by Gasteiger charge is -2.31. The zero-order valence-electron chi connectivity index (χ0n) is 16.8. The summed E-state index contributed by atoms with van der Waals surface area (Å²) >= 11 is 0. The van der Waals surface area contributed by atoms with E-state index in [2.05, 4.69) is 6.92 Å². The Morgan fingerprint density at radius 2 is 1.15 bits per heavy atom. The minimum atomic E-state index is -1.35. The third-order valence-electron chi connectivity index (χ3n) is 7.21. The minimum absolute atomic E-state index is 0.180. The molecule has 0 bridgehead atoms. The zero-order valence-corrected chi connectivity index (χ0v) is 16.8. The molecule has 0 heterocycles. The quantitative estimate of drug-likeness (QED) is 0.419. The summed E-state index contributed by atoms with van der Waals surface area (Å²) in [5.74, 6) is -0.590. The van der Waals surface area contributed by atoms with E-state index in [1.165, 1.54) is 69.9 Å². The molecule has 2 aliphatic rings. The molecule has 0 aromatic heterocycles. The number of hydrogen-bond acceptors (Lipinski definition) is 0. The summed E-state index contributed by atoms with van der Waals surface area (Å²) in [6.07, 6.45) is 16.7. The van der Waals surface area contributed by atoms with Crippen LogP contribution in [0.1, 0.15) is 102 Å². The van der Waals surface area contributed by atoms with E-state index < -0.39 is 17.5 Å². The van der Waals surface area contributed by atoms with Crippen LogP contribution in [0.5, 0.6) is 0 Å². The molecule has 0 aliphatic heterocycles. The molecule has 0 spiro atoms. The lowest BCUT2D eigenvalue weighted by molar-refractivity contribution is 0.236. The van der Waals surface area contributed by atoms with Gasteiger partial charge in [-0.3, -0.25) is 0 Å². The lowest BCUT2D eigenvalue weighted by Crippen LogP contribution is -2.16. The predicted molar refractivity (Wildman–Crippen MR) is 105 cm³/mol. The Hall–Kier alpha value is -0.990. The Kier molecular flexibility index (Phi) is 7.66. The summed E-state index contributed by atoms with van der Waals surface area (Å²) in [6, 6.07) is 2.39. The van der Waals surface area contributed by atoms with E-state index in [-0.39, 0.29) is 5.92 Å². The van der Waals surface area contributed by atoms with Crippen molar-refractivity contribution in [3.05, 3.63) is 35.1 Å². The molecule has 3 rings (SSSR count). The van der Waals surface area contributed by atoms with Crippen molar-refractivity contribution in [2.75, 3.05) is 0 Å². The molecule has 152 valence electrons. The van der Waals surface area contributed by atoms with Crippen LogP contribution in [0.2, 0.25) is 0 Å². The molecule has 1 aromatic carbocycles. The first-order valence-corrected chi connectivity index (χ1v) is 11.2. The van der Waals surface area contributed by atoms with E-state index in [1.807, 2.05) is 0 Å². The van der Waals surface area contributed by atoms with Gasteiger partial charge < -0.3 is 0 Å². The molecule has 2 aliphatic carbocycles. The molecular formula is C24H35F3. The largest absolute Gasteiger partial charge is 0.204 e. The van der Waals surface area contributed by atoms with Gasteiger partial charge in [0.25, 0.3) is 0 Å². The molecule has 0 amide bonds. The van der Waals surface area contributed by atoms with Crippen LogP contribution in [-0.2, 0) is 0 Å². The predicted octanol–water partition coefficient (Wildman–Crippen LogP) is 8.15. The minimum Gasteiger partial charge on any atom is -0.204 e. The van der Waals surface area contributed by atoms with E-state index >= 15 is 0 Å². The molecule has 27 heavy (non-hydrogen) atoms. The van der Waals surface area contributed by atoms with Crippen LogP contribution in [0, 0.1) is 35.2 Å². The average molecular weight is 381 g/mol. The van der Waals surface area contributed by atoms with E-state index in [9.17, 15) is 13.2 Å². The van der Waals surface area contributed by atoms with Gasteiger partial charge in [0.05, 0.1) is 0 Å². The molecular weight excluding hydrogens is 345 g/mol. The fraction of sp³-hybridized carbons (Fsp3) is 0.750. The molecule has 0 radical (unpaired) electrons. The molecule has 0 saturated heterocycles. The van der Waals surface area contributed by atoms with Crippen molar-refractivity contribution in [2.45, 2.75) is 96.3 Å². The Morgan fingerprint density at radius 1 is 0.704 bits per heavy atom. The fourth-order valence-corrected chi connectivity index (χ4v) is 5.51. The van der Waals surface area contributed by atoms with Gasteiger partial charge >= 0.3 is 0 Å². The summed E-state index contributed by atoms with van der Waals surface area (Å²) < 4.78 is 40.1. The Bertz CT molecular complexity index is 558. The summed E-state index contributed by atoms with van der Waals surface area (Å²) in [5, 5.41) is 0. The Balaban J connectivity index is 1.35. The van der Waals surface area contributed by atoms with Gasteiger partial charge in [-0.25, -0.2) is 13.2 Å². The maximum absolute atomic E-state index is 13.5. The third kappa shape index (κ3) is 5.74. The highest BCUT2D eigenvalue weighted by Crippen LogP contribution is 2.39. The summed E-state index contributed by atoms with van der Waals surface area (Å²) in [4.78, 5) is 0. The SMILES string of the molecule is CCC[C@H]1CC[C@H](CCCC2CCC(c3cc(F)c(F)c(F)c3)CC2)CC1. The van der Waals surface area contributed by atoms with Gasteiger partial charge in [-0.15, -0.1) is 0 Å². The number of halogens is 3. The van der Waals surface area contributed by atoms with Crippen molar-refractivity contribution in [1.29, 1.82) is 0 Å². The van der Waals surface area contributed by atoms with E-state index in [4.69, 9.17) is 0 Å². The van der Waals surface area contributed by atoms with Gasteiger partial charge in [-0.05, 0) is 67.1 Å². The standard InChI is InChI=1S/C24H35F3/c1-2-4-17-7-9-18(10-8-17)5-3-6-19-11-13-20(14-12-19)21-15-22(25)24(27)23(26)16-21/h15-20H,2-14H2,1H3/t17-,18-,19?,20?. The topological polar surface area (TPSA) is 0 Å². The van der Waals surface area contributed by atoms with Gasteiger partial charge in [-0.1, -0.05) is 64.7 Å². The van der Waals surface area contributed by atoms with Gasteiger partial charge in [0, 0.05) is 0 Å². The van der Waals surface area contributed by atoms with Crippen LogP contribution in [-0.4, -0.2) is 0 Å². The van der Waals surface area contributed by atoms with Crippen LogP contribution in [0.25, 0.3) is 0 Å². The highest BCUT2D eigenvalue weighted by Gasteiger charge is 2.25. The first kappa shape index (κ1) is 20.7. The summed E-state index contributed by atoms with van der Waals surface area (Å²) in [6.45, 7) is 2.30. The highest BCUT2D eigenvalue weighted by atomic mass is 19.2. The summed E-state index contributed by atoms with van der Waals surface area (Å²) in [7, 11) is 0. The molecule has 2 saturated carbocycles. The van der Waals surface area contributed by atoms with Crippen LogP contribution in [0.15, 0.2) is 12.1 Å². The number of hydrogen-bond donors (Lipinski definition) is 0. The van der Waals surface area contributed by atoms with Crippen molar-refractivity contribution in [3.8, 4) is 0 Å². The van der Waals surface area contributed by atoms with Gasteiger partial charge in [-0.2, -0.15) is 0 Å². The second kappa shape index (κ2) is 9.98. The van der Waals surface area contributed by atoms with Crippen LogP contribution >= 0.6 is 0 Å². The van der Waals surface area contributed by atoms with Gasteiger partial charge in [0.15, 0.2) is 17.5 Å². The van der Waals surface area contributed by atoms with Crippen molar-refractivity contribution in [2.24, 2.45) is 17.8 Å². The van der Waals surface area contributed by atoms with Crippen LogP contribution < -0.4 is 0 Å². The molecule has 0 atom stereocenters. The zero-order chi connectivity index (χ0) is 19.2. The van der Waals surface area contributed by atoms with Gasteiger partial charge in [0.1, 0.15) is 0 Å². The molecule has 3 heteroatoms. The van der Waals surface area contributed by atoms with Crippen molar-refractivity contribution < 1.29 is 13.2 Å². The van der Waals surface area contributed by atoms with Crippen molar-refractivity contribution >= 4 is 0 Å². The van der Waals surface area contributed by atoms with Gasteiger partial charge in [0.2, 0.25) is 0 Å². The maximum Gasteiger partial charge on any atom is 0.194 e. The van der Waals surface area contributed by atoms with E-state index in [0.717, 1.165) is 43.4 Å². The first-order chi connectivity index (χ1) is 13.1. The normalized spacial score (nSPS) is 29.0. The number of benzene rings is 1. The van der Waals surface area contributed by atoms with E-state index in [0.29, 0.717) is 5.56 Å². The summed E-state index contributed by atoms with van der Waals surface area (Å²) in [5.41, 5.74) is 0.633. The third-order valence-corrected chi connectivity index (χ3v) is 7.21. The molecule has 2 fully saturated rings. The Morgan fingerprint density at radius 3 is 1.63 bits per heavy atom. The monoisotopic (exact) mass is 380 g/mol. The average Bonchev–Trinajstić information content (AvgIpc) is 2.68. The smallest absolute Gasteiger partial charge is 0.194 e. The fourth-order valence-electron chi connectivity index (χ4n) is 5.51. The Labute approximate surface area is 162 Å².